The number of fused-ring (bicyclic) bond motifs is 1. The Hall–Kier alpha value is -1.33. The molecule has 23 heavy (non-hydrogen) atoms. The van der Waals surface area contributed by atoms with E-state index in [1.807, 2.05) is 45.9 Å². The van der Waals surface area contributed by atoms with E-state index >= 15 is 0 Å². The third-order valence-corrected chi connectivity index (χ3v) is 3.98. The van der Waals surface area contributed by atoms with Gasteiger partial charge in [0.2, 0.25) is 0 Å². The molecule has 2 rings (SSSR count). The van der Waals surface area contributed by atoms with Gasteiger partial charge in [-0.15, -0.1) is 0 Å². The Balaban J connectivity index is 2.38. The largest absolute Gasteiger partial charge is 0.501 e. The van der Waals surface area contributed by atoms with E-state index < -0.39 is 11.6 Å². The number of halogens is 1. The molecular weight excluding hydrogens is 358 g/mol. The van der Waals surface area contributed by atoms with Gasteiger partial charge in [-0.1, -0.05) is 15.9 Å². The quantitative estimate of drug-likeness (QED) is 0.615. The van der Waals surface area contributed by atoms with Crippen LogP contribution in [0.25, 0.3) is 6.08 Å². The second kappa shape index (κ2) is 7.05. The van der Waals surface area contributed by atoms with E-state index in [0.717, 1.165) is 21.2 Å². The van der Waals surface area contributed by atoms with Crippen molar-refractivity contribution in [1.82, 2.24) is 5.32 Å². The summed E-state index contributed by atoms with van der Waals surface area (Å²) in [7, 11) is 0. The van der Waals surface area contributed by atoms with Crippen molar-refractivity contribution in [3.05, 3.63) is 39.6 Å². The first-order valence-corrected chi connectivity index (χ1v) is 8.62. The fraction of sp³-hybridized carbons (Fsp3) is 0.500. The van der Waals surface area contributed by atoms with Crippen LogP contribution in [0.2, 0.25) is 0 Å². The molecule has 0 radical (unpaired) electrons. The fourth-order valence-electron chi connectivity index (χ4n) is 2.73. The third-order valence-electron chi connectivity index (χ3n) is 3.52. The lowest BCUT2D eigenvalue weighted by molar-refractivity contribution is -0.157. The van der Waals surface area contributed by atoms with Crippen LogP contribution in [0.15, 0.2) is 22.9 Å². The van der Waals surface area contributed by atoms with Crippen LogP contribution in [0.1, 0.15) is 63.4 Å². The molecule has 0 aromatic heterocycles. The zero-order chi connectivity index (χ0) is 17.2. The predicted molar refractivity (Wildman–Crippen MR) is 94.9 cm³/mol. The monoisotopic (exact) mass is 381 g/mol. The minimum Gasteiger partial charge on any atom is -0.501 e. The molecule has 1 aliphatic heterocycles. The first-order valence-electron chi connectivity index (χ1n) is 7.83. The zero-order valence-corrected chi connectivity index (χ0v) is 15.9. The summed E-state index contributed by atoms with van der Waals surface area (Å²) in [6.07, 6.45) is 3.62. The highest BCUT2D eigenvalue weighted by molar-refractivity contribution is 9.10. The van der Waals surface area contributed by atoms with Crippen molar-refractivity contribution < 1.29 is 14.3 Å². The number of nitrogens with one attached hydrogen (secondary N) is 1. The lowest BCUT2D eigenvalue weighted by Gasteiger charge is -2.22. The zero-order valence-electron chi connectivity index (χ0n) is 14.3. The summed E-state index contributed by atoms with van der Waals surface area (Å²) in [4.78, 5) is 12.5. The normalized spacial score (nSPS) is 20.6. The Morgan fingerprint density at radius 1 is 1.39 bits per heavy atom. The Morgan fingerprint density at radius 2 is 2.09 bits per heavy atom. The highest BCUT2D eigenvalue weighted by Crippen LogP contribution is 2.39. The van der Waals surface area contributed by atoms with Crippen molar-refractivity contribution in [3.8, 4) is 0 Å². The van der Waals surface area contributed by atoms with Crippen molar-refractivity contribution in [2.24, 2.45) is 0 Å². The number of carbonyl (C=O) groups excluding carboxylic acids is 1. The Labute approximate surface area is 146 Å². The van der Waals surface area contributed by atoms with E-state index in [-0.39, 0.29) is 12.0 Å². The first-order chi connectivity index (χ1) is 10.7. The van der Waals surface area contributed by atoms with E-state index in [4.69, 9.17) is 9.47 Å². The van der Waals surface area contributed by atoms with Gasteiger partial charge >= 0.3 is 5.97 Å². The number of esters is 1. The minimum absolute atomic E-state index is 0.0666. The molecule has 0 amide bonds. The smallest absolute Gasteiger partial charge is 0.328 e. The second-order valence-electron chi connectivity index (χ2n) is 6.61. The van der Waals surface area contributed by atoms with Gasteiger partial charge in [0, 0.05) is 10.5 Å². The number of ether oxygens (including phenoxy) is 2. The summed E-state index contributed by atoms with van der Waals surface area (Å²) in [5.41, 5.74) is 2.60. The molecular formula is C18H24BrNO3. The van der Waals surface area contributed by atoms with Gasteiger partial charge in [-0.05, 0) is 69.5 Å². The molecule has 2 unspecified atom stereocenters. The summed E-state index contributed by atoms with van der Waals surface area (Å²) in [6, 6.07) is 3.63. The van der Waals surface area contributed by atoms with E-state index in [9.17, 15) is 4.79 Å². The molecule has 0 spiro atoms. The molecule has 0 aliphatic carbocycles. The summed E-state index contributed by atoms with van der Waals surface area (Å²) in [6.45, 7) is 10.2. The average molecular weight is 382 g/mol. The van der Waals surface area contributed by atoms with E-state index in [0.29, 0.717) is 6.61 Å². The second-order valence-corrected chi connectivity index (χ2v) is 7.53. The predicted octanol–water partition coefficient (Wildman–Crippen LogP) is 4.50. The van der Waals surface area contributed by atoms with Crippen LogP contribution >= 0.6 is 15.9 Å². The van der Waals surface area contributed by atoms with E-state index in [1.165, 1.54) is 0 Å². The van der Waals surface area contributed by atoms with Crippen LogP contribution in [0.5, 0.6) is 0 Å². The number of rotatable bonds is 4. The Morgan fingerprint density at radius 3 is 2.70 bits per heavy atom. The lowest BCUT2D eigenvalue weighted by atomic mass is 9.96. The van der Waals surface area contributed by atoms with Crippen LogP contribution in [0, 0.1) is 0 Å². The summed E-state index contributed by atoms with van der Waals surface area (Å²) < 4.78 is 11.8. The molecule has 1 heterocycles. The molecule has 0 saturated carbocycles. The average Bonchev–Trinajstić information content (AvgIpc) is 2.74. The molecule has 0 bridgehead atoms. The number of benzene rings is 1. The highest BCUT2D eigenvalue weighted by Gasteiger charge is 2.36. The summed E-state index contributed by atoms with van der Waals surface area (Å²) >= 11 is 3.53. The highest BCUT2D eigenvalue weighted by atomic mass is 79.9. The SMILES string of the molecule is CCOC=Cc1cc(Br)cc2c1C(C)NC2C(=O)OC(C)(C)C. The number of hydrogen-bond acceptors (Lipinski definition) is 4. The van der Waals surface area contributed by atoms with Gasteiger partial charge in [-0.2, -0.15) is 0 Å². The van der Waals surface area contributed by atoms with Crippen LogP contribution in [0.3, 0.4) is 0 Å². The van der Waals surface area contributed by atoms with Crippen LogP contribution < -0.4 is 5.32 Å². The molecule has 5 heteroatoms. The van der Waals surface area contributed by atoms with Crippen LogP contribution in [-0.4, -0.2) is 18.2 Å². The fourth-order valence-corrected chi connectivity index (χ4v) is 3.23. The van der Waals surface area contributed by atoms with Crippen molar-refractivity contribution in [2.45, 2.75) is 52.3 Å². The molecule has 1 aromatic carbocycles. The maximum Gasteiger partial charge on any atom is 0.328 e. The topological polar surface area (TPSA) is 47.6 Å². The number of hydrogen-bond donors (Lipinski definition) is 1. The maximum atomic E-state index is 12.5. The van der Waals surface area contributed by atoms with Crippen LogP contribution in [0.4, 0.5) is 0 Å². The molecule has 0 fully saturated rings. The lowest BCUT2D eigenvalue weighted by Crippen LogP contribution is -2.32. The molecule has 4 nitrogen and oxygen atoms in total. The maximum absolute atomic E-state index is 12.5. The Kier molecular flexibility index (Phi) is 5.53. The van der Waals surface area contributed by atoms with Gasteiger partial charge in [0.05, 0.1) is 12.9 Å². The van der Waals surface area contributed by atoms with Gasteiger partial charge in [-0.25, -0.2) is 4.79 Å². The van der Waals surface area contributed by atoms with E-state index in [2.05, 4.69) is 28.2 Å². The molecule has 1 aliphatic rings. The number of carbonyl (C=O) groups is 1. The molecule has 1 aromatic rings. The van der Waals surface area contributed by atoms with Crippen molar-refractivity contribution in [1.29, 1.82) is 0 Å². The molecule has 1 N–H and O–H groups in total. The van der Waals surface area contributed by atoms with E-state index in [1.54, 1.807) is 6.26 Å². The van der Waals surface area contributed by atoms with Gasteiger partial charge in [0.15, 0.2) is 0 Å². The van der Waals surface area contributed by atoms with Crippen molar-refractivity contribution in [3.63, 3.8) is 0 Å². The standard InChI is InChI=1S/C18H24BrNO3/c1-6-22-8-7-12-9-13(19)10-14-15(12)11(2)20-16(14)17(21)23-18(3,4)5/h7-11,16,20H,6H2,1-5H3. The summed E-state index contributed by atoms with van der Waals surface area (Å²) in [5.74, 6) is -0.249. The van der Waals surface area contributed by atoms with Crippen molar-refractivity contribution in [2.75, 3.05) is 6.61 Å². The summed E-state index contributed by atoms with van der Waals surface area (Å²) in [5, 5.41) is 3.33. The molecule has 126 valence electrons. The van der Waals surface area contributed by atoms with Gasteiger partial charge in [0.25, 0.3) is 0 Å². The minimum atomic E-state index is -0.505. The molecule has 2 atom stereocenters. The first kappa shape index (κ1) is 18.0. The third kappa shape index (κ3) is 4.36. The Bertz CT molecular complexity index is 619. The van der Waals surface area contributed by atoms with Crippen molar-refractivity contribution >= 4 is 28.0 Å². The van der Waals surface area contributed by atoms with Gasteiger partial charge in [-0.3, -0.25) is 5.32 Å². The van der Waals surface area contributed by atoms with Crippen LogP contribution in [-0.2, 0) is 14.3 Å². The van der Waals surface area contributed by atoms with Gasteiger partial charge < -0.3 is 9.47 Å². The molecule has 0 saturated heterocycles. The van der Waals surface area contributed by atoms with Gasteiger partial charge in [0.1, 0.15) is 11.6 Å².